The molecule has 1 atom stereocenters. The summed E-state index contributed by atoms with van der Waals surface area (Å²) in [6.07, 6.45) is 0.303. The fourth-order valence-electron chi connectivity index (χ4n) is 2.76. The van der Waals surface area contributed by atoms with Crippen LogP contribution in [0.1, 0.15) is 5.56 Å². The smallest absolute Gasteiger partial charge is 0.243 e. The van der Waals surface area contributed by atoms with Crippen molar-refractivity contribution < 1.29 is 14.3 Å². The normalized spacial score (nSPS) is 16.1. The van der Waals surface area contributed by atoms with Gasteiger partial charge in [0.05, 0.1) is 19.6 Å². The zero-order valence-corrected chi connectivity index (χ0v) is 16.0. The van der Waals surface area contributed by atoms with Crippen molar-refractivity contribution in [2.24, 2.45) is 0 Å². The molecule has 0 aromatic heterocycles. The lowest BCUT2D eigenvalue weighted by Crippen LogP contribution is -2.48. The molecule has 2 amide bonds. The summed E-state index contributed by atoms with van der Waals surface area (Å²) in [6.45, 7) is 1.68. The van der Waals surface area contributed by atoms with Gasteiger partial charge in [-0.1, -0.05) is 30.3 Å². The molecule has 7 heteroatoms. The summed E-state index contributed by atoms with van der Waals surface area (Å²) in [4.78, 5) is 26.2. The lowest BCUT2D eigenvalue weighted by molar-refractivity contribution is -0.121. The van der Waals surface area contributed by atoms with Crippen molar-refractivity contribution in [1.82, 2.24) is 5.32 Å². The van der Waals surface area contributed by atoms with Crippen LogP contribution in [0.5, 0.6) is 0 Å². The van der Waals surface area contributed by atoms with E-state index in [1.54, 1.807) is 11.9 Å². The zero-order chi connectivity index (χ0) is 18.4. The summed E-state index contributed by atoms with van der Waals surface area (Å²) < 4.78 is 5.30. The van der Waals surface area contributed by atoms with Crippen molar-refractivity contribution >= 4 is 35.6 Å². The highest BCUT2D eigenvalue weighted by Crippen LogP contribution is 2.15. The van der Waals surface area contributed by atoms with Crippen LogP contribution in [0.3, 0.4) is 0 Å². The lowest BCUT2D eigenvalue weighted by atomic mass is 10.1. The van der Waals surface area contributed by atoms with Crippen LogP contribution in [0.2, 0.25) is 0 Å². The Morgan fingerprint density at radius 1 is 1.15 bits per heavy atom. The highest BCUT2D eigenvalue weighted by Gasteiger charge is 2.21. The van der Waals surface area contributed by atoms with Gasteiger partial charge in [-0.05, 0) is 29.8 Å². The van der Waals surface area contributed by atoms with Gasteiger partial charge in [-0.15, -0.1) is 12.4 Å². The van der Waals surface area contributed by atoms with Gasteiger partial charge in [0.15, 0.2) is 0 Å². The molecular formula is C20H24ClN3O3. The second kappa shape index (κ2) is 10.1. The molecule has 144 valence electrons. The van der Waals surface area contributed by atoms with Crippen LogP contribution in [0, 0.1) is 0 Å². The average Bonchev–Trinajstić information content (AvgIpc) is 2.70. The van der Waals surface area contributed by atoms with Gasteiger partial charge in [0.2, 0.25) is 11.8 Å². The van der Waals surface area contributed by atoms with Gasteiger partial charge in [-0.3, -0.25) is 9.59 Å². The monoisotopic (exact) mass is 389 g/mol. The zero-order valence-electron chi connectivity index (χ0n) is 15.2. The van der Waals surface area contributed by atoms with E-state index in [0.717, 1.165) is 11.3 Å². The minimum Gasteiger partial charge on any atom is -0.378 e. The minimum absolute atomic E-state index is 0. The van der Waals surface area contributed by atoms with Crippen LogP contribution in [0.4, 0.5) is 11.4 Å². The summed E-state index contributed by atoms with van der Waals surface area (Å²) in [5.41, 5.74) is 2.47. The average molecular weight is 390 g/mol. The second-order valence-electron chi connectivity index (χ2n) is 6.23. The van der Waals surface area contributed by atoms with Gasteiger partial charge in [0, 0.05) is 25.0 Å². The summed E-state index contributed by atoms with van der Waals surface area (Å²) in [5, 5.41) is 5.98. The summed E-state index contributed by atoms with van der Waals surface area (Å²) in [6, 6.07) is 16.5. The first kappa shape index (κ1) is 20.9. The molecule has 0 bridgehead atoms. The number of amides is 2. The molecular weight excluding hydrogens is 366 g/mol. The van der Waals surface area contributed by atoms with E-state index >= 15 is 0 Å². The molecule has 27 heavy (non-hydrogen) atoms. The molecule has 2 aromatic carbocycles. The molecule has 1 fully saturated rings. The fourth-order valence-corrected chi connectivity index (χ4v) is 2.76. The number of benzene rings is 2. The quantitative estimate of drug-likeness (QED) is 0.822. The Morgan fingerprint density at radius 2 is 1.85 bits per heavy atom. The van der Waals surface area contributed by atoms with Gasteiger partial charge in [0.25, 0.3) is 0 Å². The number of rotatable bonds is 5. The molecule has 0 saturated carbocycles. The summed E-state index contributed by atoms with van der Waals surface area (Å²) in [7, 11) is 1.77. The molecule has 6 nitrogen and oxygen atoms in total. The van der Waals surface area contributed by atoms with Crippen molar-refractivity contribution in [2.75, 3.05) is 37.0 Å². The first-order valence-electron chi connectivity index (χ1n) is 8.66. The van der Waals surface area contributed by atoms with Crippen molar-refractivity contribution in [3.63, 3.8) is 0 Å². The molecule has 1 heterocycles. The Kier molecular flexibility index (Phi) is 7.79. The largest absolute Gasteiger partial charge is 0.378 e. The molecule has 1 unspecified atom stereocenters. The molecule has 2 N–H and O–H groups in total. The van der Waals surface area contributed by atoms with E-state index in [2.05, 4.69) is 10.6 Å². The highest BCUT2D eigenvalue weighted by atomic mass is 35.5. The van der Waals surface area contributed by atoms with Gasteiger partial charge in [-0.25, -0.2) is 0 Å². The Hall–Kier alpha value is -2.41. The third-order valence-electron chi connectivity index (χ3n) is 4.33. The Morgan fingerprint density at radius 3 is 2.48 bits per heavy atom. The standard InChI is InChI=1S/C20H23N3O3.ClH/c1-23(17-5-3-2-4-6-17)19(24)13-15-7-9-16(10-8-15)22-20(25)18-14-26-12-11-21-18;/h2-10,18,21H,11-14H2,1H3,(H,22,25);1H. The van der Waals surface area contributed by atoms with E-state index in [0.29, 0.717) is 31.9 Å². The number of carbonyl (C=O) groups excluding carboxylic acids is 2. The molecule has 0 radical (unpaired) electrons. The maximum atomic E-state index is 12.4. The van der Waals surface area contributed by atoms with E-state index in [9.17, 15) is 9.59 Å². The minimum atomic E-state index is -0.329. The van der Waals surface area contributed by atoms with Crippen molar-refractivity contribution in [3.8, 4) is 0 Å². The van der Waals surface area contributed by atoms with Crippen molar-refractivity contribution in [3.05, 3.63) is 60.2 Å². The highest BCUT2D eigenvalue weighted by molar-refractivity contribution is 5.96. The molecule has 1 aliphatic heterocycles. The Bertz CT molecular complexity index is 747. The summed E-state index contributed by atoms with van der Waals surface area (Å²) in [5.74, 6) is -0.103. The number of morpholine rings is 1. The Balaban J connectivity index is 0.00000261. The predicted molar refractivity (Wildman–Crippen MR) is 108 cm³/mol. The van der Waals surface area contributed by atoms with Crippen LogP contribution >= 0.6 is 12.4 Å². The molecule has 1 saturated heterocycles. The number of nitrogens with one attached hydrogen (secondary N) is 2. The maximum Gasteiger partial charge on any atom is 0.243 e. The van der Waals surface area contributed by atoms with Gasteiger partial charge in [-0.2, -0.15) is 0 Å². The number of ether oxygens (including phenoxy) is 1. The topological polar surface area (TPSA) is 70.7 Å². The molecule has 1 aliphatic rings. The van der Waals surface area contributed by atoms with Crippen LogP contribution in [-0.2, 0) is 20.7 Å². The van der Waals surface area contributed by atoms with Gasteiger partial charge >= 0.3 is 0 Å². The van der Waals surface area contributed by atoms with E-state index in [1.165, 1.54) is 0 Å². The predicted octanol–water partition coefficient (Wildman–Crippen LogP) is 2.24. The number of hydrogen-bond acceptors (Lipinski definition) is 4. The fraction of sp³-hybridized carbons (Fsp3) is 0.300. The van der Waals surface area contributed by atoms with E-state index in [4.69, 9.17) is 4.74 Å². The van der Waals surface area contributed by atoms with E-state index in [1.807, 2.05) is 54.6 Å². The van der Waals surface area contributed by atoms with Gasteiger partial charge in [0.1, 0.15) is 6.04 Å². The number of carbonyl (C=O) groups is 2. The number of para-hydroxylation sites is 1. The number of nitrogens with zero attached hydrogens (tertiary/aromatic N) is 1. The third-order valence-corrected chi connectivity index (χ3v) is 4.33. The second-order valence-corrected chi connectivity index (χ2v) is 6.23. The molecule has 2 aromatic rings. The molecule has 0 aliphatic carbocycles. The van der Waals surface area contributed by atoms with Crippen LogP contribution in [0.25, 0.3) is 0 Å². The first-order valence-corrected chi connectivity index (χ1v) is 8.66. The molecule has 0 spiro atoms. The maximum absolute atomic E-state index is 12.4. The number of anilines is 2. The van der Waals surface area contributed by atoms with Crippen LogP contribution in [-0.4, -0.2) is 44.7 Å². The van der Waals surface area contributed by atoms with E-state index < -0.39 is 0 Å². The van der Waals surface area contributed by atoms with Crippen molar-refractivity contribution in [1.29, 1.82) is 0 Å². The van der Waals surface area contributed by atoms with E-state index in [-0.39, 0.29) is 30.3 Å². The molecule has 3 rings (SSSR count). The third kappa shape index (κ3) is 5.79. The van der Waals surface area contributed by atoms with Gasteiger partial charge < -0.3 is 20.3 Å². The first-order chi connectivity index (χ1) is 12.6. The lowest BCUT2D eigenvalue weighted by Gasteiger charge is -2.23. The number of likely N-dealkylation sites (N-methyl/N-ethyl adjacent to an activating group) is 1. The van der Waals surface area contributed by atoms with Crippen LogP contribution < -0.4 is 15.5 Å². The number of halogens is 1. The SMILES string of the molecule is CN(C(=O)Cc1ccc(NC(=O)C2COCCN2)cc1)c1ccccc1.Cl. The number of hydrogen-bond donors (Lipinski definition) is 2. The van der Waals surface area contributed by atoms with Crippen molar-refractivity contribution in [2.45, 2.75) is 12.5 Å². The summed E-state index contributed by atoms with van der Waals surface area (Å²) >= 11 is 0. The Labute approximate surface area is 165 Å². The van der Waals surface area contributed by atoms with Crippen LogP contribution in [0.15, 0.2) is 54.6 Å².